The second-order valence-corrected chi connectivity index (χ2v) is 15.5. The van der Waals surface area contributed by atoms with Gasteiger partial charge < -0.3 is 0 Å². The minimum Gasteiger partial charge on any atom is -0.282 e. The van der Waals surface area contributed by atoms with E-state index in [1.807, 2.05) is 12.1 Å². The van der Waals surface area contributed by atoms with Crippen LogP contribution in [0, 0.1) is 0 Å². The van der Waals surface area contributed by atoms with Crippen LogP contribution in [0.4, 0.5) is 0 Å². The van der Waals surface area contributed by atoms with E-state index in [2.05, 4.69) is 77.9 Å². The molecule has 0 heterocycles. The third-order valence-electron chi connectivity index (χ3n) is 7.93. The number of rotatable bonds is 16. The zero-order valence-corrected chi connectivity index (χ0v) is 27.8. The highest BCUT2D eigenvalue weighted by atomic mass is 32.2. The van der Waals surface area contributed by atoms with Gasteiger partial charge in [-0.25, -0.2) is 0 Å². The summed E-state index contributed by atoms with van der Waals surface area (Å²) in [5.74, 6) is 0.563. The van der Waals surface area contributed by atoms with Crippen LogP contribution in [0.1, 0.15) is 127 Å². The van der Waals surface area contributed by atoms with Crippen LogP contribution >= 0.6 is 7.92 Å². The Balaban J connectivity index is 2.22. The van der Waals surface area contributed by atoms with Gasteiger partial charge >= 0.3 is 0 Å². The fourth-order valence-corrected chi connectivity index (χ4v) is 9.73. The van der Waals surface area contributed by atoms with Crippen LogP contribution < -0.4 is 15.9 Å². The number of benzene rings is 3. The molecule has 0 saturated heterocycles. The van der Waals surface area contributed by atoms with Crippen LogP contribution in [0.25, 0.3) is 0 Å². The SMILES string of the molecule is CCCCCCc1ccc(P(c2ccc(CCCCCC)cc2C(C)C)c2ccccc2S(=O)(=O)O)c(C(C)C)c1. The maximum Gasteiger partial charge on any atom is 0.295 e. The van der Waals surface area contributed by atoms with Gasteiger partial charge in [0.05, 0.1) is 0 Å². The highest BCUT2D eigenvalue weighted by Gasteiger charge is 2.29. The normalized spacial score (nSPS) is 12.1. The van der Waals surface area contributed by atoms with Crippen molar-refractivity contribution in [2.45, 2.75) is 122 Å². The molecule has 0 aliphatic carbocycles. The van der Waals surface area contributed by atoms with Gasteiger partial charge in [-0.1, -0.05) is 135 Å². The lowest BCUT2D eigenvalue weighted by Crippen LogP contribution is -2.29. The number of hydrogen-bond donors (Lipinski definition) is 1. The van der Waals surface area contributed by atoms with Gasteiger partial charge in [-0.15, -0.1) is 0 Å². The largest absolute Gasteiger partial charge is 0.295 e. The summed E-state index contributed by atoms with van der Waals surface area (Å²) >= 11 is 0. The van der Waals surface area contributed by atoms with E-state index in [-0.39, 0.29) is 16.7 Å². The molecule has 0 unspecified atom stereocenters. The van der Waals surface area contributed by atoms with E-state index in [0.29, 0.717) is 5.30 Å². The van der Waals surface area contributed by atoms with Crippen molar-refractivity contribution in [2.24, 2.45) is 0 Å². The molecule has 0 atom stereocenters. The van der Waals surface area contributed by atoms with Gasteiger partial charge in [0.15, 0.2) is 0 Å². The molecule has 3 aromatic rings. The van der Waals surface area contributed by atoms with Crippen LogP contribution in [-0.4, -0.2) is 13.0 Å². The average molecular weight is 595 g/mol. The molecule has 0 amide bonds. The van der Waals surface area contributed by atoms with Crippen LogP contribution in [-0.2, 0) is 23.0 Å². The molecule has 0 fully saturated rings. The van der Waals surface area contributed by atoms with Crippen molar-refractivity contribution < 1.29 is 13.0 Å². The molecule has 41 heavy (non-hydrogen) atoms. The molecule has 5 heteroatoms. The third kappa shape index (κ3) is 9.24. The van der Waals surface area contributed by atoms with Gasteiger partial charge in [-0.2, -0.15) is 8.42 Å². The molecule has 224 valence electrons. The zero-order chi connectivity index (χ0) is 30.0. The van der Waals surface area contributed by atoms with E-state index in [1.165, 1.54) is 84.2 Å². The molecule has 3 aromatic carbocycles. The van der Waals surface area contributed by atoms with Crippen LogP contribution in [0.15, 0.2) is 65.6 Å². The zero-order valence-electron chi connectivity index (χ0n) is 26.1. The highest BCUT2D eigenvalue weighted by Crippen LogP contribution is 2.41. The van der Waals surface area contributed by atoms with Gasteiger partial charge in [-0.3, -0.25) is 4.55 Å². The summed E-state index contributed by atoms with van der Waals surface area (Å²) in [6.45, 7) is 13.4. The monoisotopic (exact) mass is 594 g/mol. The van der Waals surface area contributed by atoms with Gasteiger partial charge in [0.2, 0.25) is 0 Å². The third-order valence-corrected chi connectivity index (χ3v) is 11.6. The first kappa shape index (κ1) is 33.5. The van der Waals surface area contributed by atoms with Crippen molar-refractivity contribution in [3.05, 3.63) is 82.9 Å². The summed E-state index contributed by atoms with van der Waals surface area (Å²) in [4.78, 5) is 0.0165. The number of hydrogen-bond acceptors (Lipinski definition) is 2. The summed E-state index contributed by atoms with van der Waals surface area (Å²) in [6.07, 6.45) is 11.9. The average Bonchev–Trinajstić information content (AvgIpc) is 2.94. The fraction of sp³-hybridized carbons (Fsp3) is 0.500. The lowest BCUT2D eigenvalue weighted by atomic mass is 9.98. The molecule has 3 rings (SSSR count). The Morgan fingerprint density at radius 1 is 0.634 bits per heavy atom. The standard InChI is InChI=1S/C36H51O3PS/c1-7-9-11-13-17-29-21-23-33(31(25-29)27(3)4)40(35-19-15-16-20-36(35)41(37,38)39)34-24-22-30(18-14-12-10-8-2)26-32(34)28(5)6/h15-16,19-28H,7-14,17-18H2,1-6H3,(H,37,38,39). The predicted octanol–water partition coefficient (Wildman–Crippen LogP) is 9.18. The minimum atomic E-state index is -4.40. The molecule has 1 N–H and O–H groups in total. The summed E-state index contributed by atoms with van der Waals surface area (Å²) in [6, 6.07) is 20.8. The molecule has 0 aliphatic heterocycles. The molecular formula is C36H51O3PS. The van der Waals surface area contributed by atoms with Crippen molar-refractivity contribution in [2.75, 3.05) is 0 Å². The van der Waals surface area contributed by atoms with E-state index in [9.17, 15) is 13.0 Å². The van der Waals surface area contributed by atoms with Gasteiger partial charge in [0.1, 0.15) is 4.90 Å². The first-order valence-corrected chi connectivity index (χ1v) is 18.5. The van der Waals surface area contributed by atoms with Crippen molar-refractivity contribution >= 4 is 34.0 Å². The highest BCUT2D eigenvalue weighted by molar-refractivity contribution is 7.88. The molecule has 0 bridgehead atoms. The predicted molar refractivity (Wildman–Crippen MR) is 179 cm³/mol. The van der Waals surface area contributed by atoms with Gasteiger partial charge in [-0.05, 0) is 84.4 Å². The van der Waals surface area contributed by atoms with Gasteiger partial charge in [0.25, 0.3) is 10.1 Å². The Labute approximate surface area is 251 Å². The van der Waals surface area contributed by atoms with E-state index in [0.717, 1.165) is 12.8 Å². The Kier molecular flexibility index (Phi) is 13.1. The first-order chi connectivity index (χ1) is 19.6. The fourth-order valence-electron chi connectivity index (χ4n) is 5.61. The molecule has 0 aromatic heterocycles. The maximum absolute atomic E-state index is 12.7. The van der Waals surface area contributed by atoms with Gasteiger partial charge in [0, 0.05) is 5.30 Å². The number of aryl methyl sites for hydroxylation is 2. The smallest absolute Gasteiger partial charge is 0.282 e. The molecule has 0 radical (unpaired) electrons. The molecule has 0 aliphatic rings. The minimum absolute atomic E-state index is 0.0165. The summed E-state index contributed by atoms with van der Waals surface area (Å²) in [5.41, 5.74) is 5.23. The lowest BCUT2D eigenvalue weighted by molar-refractivity contribution is 0.484. The topological polar surface area (TPSA) is 54.4 Å². The van der Waals surface area contributed by atoms with Crippen molar-refractivity contribution in [1.29, 1.82) is 0 Å². The second kappa shape index (κ2) is 16.0. The first-order valence-electron chi connectivity index (χ1n) is 15.7. The Morgan fingerprint density at radius 2 is 1.10 bits per heavy atom. The van der Waals surface area contributed by atoms with Crippen molar-refractivity contribution in [3.63, 3.8) is 0 Å². The summed E-state index contributed by atoms with van der Waals surface area (Å²) < 4.78 is 35.7. The Morgan fingerprint density at radius 3 is 1.51 bits per heavy atom. The molecule has 0 spiro atoms. The summed E-state index contributed by atoms with van der Waals surface area (Å²) in [5, 5.41) is 3.06. The van der Waals surface area contributed by atoms with Crippen LogP contribution in [0.3, 0.4) is 0 Å². The Hall–Kier alpha value is -2.00. The van der Waals surface area contributed by atoms with Crippen molar-refractivity contribution in [3.8, 4) is 0 Å². The summed E-state index contributed by atoms with van der Waals surface area (Å²) in [7, 11) is -5.63. The van der Waals surface area contributed by atoms with Crippen LogP contribution in [0.2, 0.25) is 0 Å². The Bertz CT molecular complexity index is 1290. The lowest BCUT2D eigenvalue weighted by Gasteiger charge is -2.28. The van der Waals surface area contributed by atoms with E-state index in [4.69, 9.17) is 0 Å². The molecule has 3 nitrogen and oxygen atoms in total. The molecule has 0 saturated carbocycles. The second-order valence-electron chi connectivity index (χ2n) is 12.0. The van der Waals surface area contributed by atoms with Crippen molar-refractivity contribution in [1.82, 2.24) is 0 Å². The van der Waals surface area contributed by atoms with E-state index in [1.54, 1.807) is 12.1 Å². The maximum atomic E-state index is 12.7. The quantitative estimate of drug-likeness (QED) is 0.102. The molecular weight excluding hydrogens is 543 g/mol. The van der Waals surface area contributed by atoms with E-state index >= 15 is 0 Å². The van der Waals surface area contributed by atoms with E-state index < -0.39 is 18.0 Å². The number of unbranched alkanes of at least 4 members (excludes halogenated alkanes) is 6. The van der Waals surface area contributed by atoms with Crippen LogP contribution in [0.5, 0.6) is 0 Å².